The summed E-state index contributed by atoms with van der Waals surface area (Å²) in [6.07, 6.45) is 9.13. The van der Waals surface area contributed by atoms with Crippen LogP contribution in [0.3, 0.4) is 0 Å². The molecule has 0 fully saturated rings. The summed E-state index contributed by atoms with van der Waals surface area (Å²) < 4.78 is 4.74. The van der Waals surface area contributed by atoms with E-state index in [2.05, 4.69) is 35.9 Å². The summed E-state index contributed by atoms with van der Waals surface area (Å²) in [7, 11) is 0. The first kappa shape index (κ1) is 28.4. The number of carbonyl (C=O) groups is 1. The zero-order valence-electron chi connectivity index (χ0n) is 23.3. The van der Waals surface area contributed by atoms with Crippen molar-refractivity contribution in [1.82, 2.24) is 44.5 Å². The first-order valence-corrected chi connectivity index (χ1v) is 14.4. The highest BCUT2D eigenvalue weighted by Gasteiger charge is 2.24. The number of pyridine rings is 1. The number of anilines is 1. The number of rotatable bonds is 5. The van der Waals surface area contributed by atoms with Gasteiger partial charge in [0.1, 0.15) is 6.33 Å². The molecule has 5 aromatic rings. The molecule has 0 spiro atoms. The van der Waals surface area contributed by atoms with Gasteiger partial charge in [-0.2, -0.15) is 9.78 Å². The average Bonchev–Trinajstić information content (AvgIpc) is 3.68. The lowest BCUT2D eigenvalue weighted by Gasteiger charge is -2.20. The first-order chi connectivity index (χ1) is 20.9. The van der Waals surface area contributed by atoms with Gasteiger partial charge in [-0.25, -0.2) is 4.98 Å². The van der Waals surface area contributed by atoms with Gasteiger partial charge in [-0.15, -0.1) is 5.10 Å². The summed E-state index contributed by atoms with van der Waals surface area (Å²) in [5.74, 6) is -0.307. The summed E-state index contributed by atoms with van der Waals surface area (Å²) >= 11 is 6.31. The number of nitrogens with one attached hydrogen (secondary N) is 1. The third-order valence-electron chi connectivity index (χ3n) is 7.62. The Balaban J connectivity index is 1.43. The van der Waals surface area contributed by atoms with Gasteiger partial charge in [0.25, 0.3) is 5.56 Å². The second-order valence-corrected chi connectivity index (χ2v) is 10.9. The van der Waals surface area contributed by atoms with Crippen LogP contribution < -0.4 is 10.9 Å². The number of amides is 1. The summed E-state index contributed by atoms with van der Waals surface area (Å²) in [6.45, 7) is 2.04. The second kappa shape index (κ2) is 12.2. The zero-order chi connectivity index (χ0) is 29.9. The van der Waals surface area contributed by atoms with Crippen molar-refractivity contribution in [2.75, 3.05) is 11.9 Å². The highest BCUT2D eigenvalue weighted by atomic mass is 35.5. The van der Waals surface area contributed by atoms with E-state index in [0.717, 1.165) is 18.4 Å². The molecule has 1 aliphatic heterocycles. The van der Waals surface area contributed by atoms with E-state index in [-0.39, 0.29) is 30.5 Å². The molecular weight excluding hydrogens is 572 g/mol. The van der Waals surface area contributed by atoms with Crippen LogP contribution in [0.5, 0.6) is 0 Å². The summed E-state index contributed by atoms with van der Waals surface area (Å²) in [6, 6.07) is 10.00. The van der Waals surface area contributed by atoms with Crippen LogP contribution in [0, 0.1) is 5.92 Å². The Morgan fingerprint density at radius 3 is 2.72 bits per heavy atom. The predicted molar refractivity (Wildman–Crippen MR) is 159 cm³/mol. The molecule has 1 aromatic carbocycles. The lowest BCUT2D eigenvalue weighted by molar-refractivity contribution is -0.119. The fourth-order valence-electron chi connectivity index (χ4n) is 5.40. The van der Waals surface area contributed by atoms with Crippen LogP contribution >= 0.6 is 11.6 Å². The number of carbonyl (C=O) groups excluding carboxylic acids is 1. The number of hydrogen-bond acceptors (Lipinski definition) is 9. The summed E-state index contributed by atoms with van der Waals surface area (Å²) in [4.78, 5) is 36.0. The number of aliphatic hydroxyl groups excluding tert-OH is 1. The summed E-state index contributed by atoms with van der Waals surface area (Å²) in [5, 5.41) is 28.9. The van der Waals surface area contributed by atoms with Crippen molar-refractivity contribution in [1.29, 1.82) is 0 Å². The van der Waals surface area contributed by atoms with E-state index in [1.54, 1.807) is 39.8 Å². The summed E-state index contributed by atoms with van der Waals surface area (Å²) in [5.41, 5.74) is 4.05. The van der Waals surface area contributed by atoms with Crippen molar-refractivity contribution >= 4 is 23.2 Å². The van der Waals surface area contributed by atoms with Crippen molar-refractivity contribution < 1.29 is 9.90 Å². The van der Waals surface area contributed by atoms with Gasteiger partial charge in [0, 0.05) is 34.3 Å². The quantitative estimate of drug-likeness (QED) is 0.308. The monoisotopic (exact) mass is 600 g/mol. The lowest BCUT2D eigenvalue weighted by Crippen LogP contribution is -2.26. The standard InChI is InChI=1S/C29H29ClN10O3/c1-18-4-2-3-5-26(23-12-19(8-9-31-23)28-24(35-29(18)43)15-34-39(28)10-11-41)38-16-32-22(14-27(38)42)21-13-20(30)6-7-25(21)40-17-33-36-37-40/h6-9,12-18,26,41H,2-5,10-11H2,1H3,(H,35,43). The molecule has 13 nitrogen and oxygen atoms in total. The Bertz CT molecular complexity index is 1820. The molecule has 0 radical (unpaired) electrons. The van der Waals surface area contributed by atoms with Crippen molar-refractivity contribution in [3.8, 4) is 28.2 Å². The van der Waals surface area contributed by atoms with Crippen molar-refractivity contribution in [2.24, 2.45) is 5.92 Å². The maximum absolute atomic E-state index is 13.7. The van der Waals surface area contributed by atoms with E-state index in [0.29, 0.717) is 51.9 Å². The third-order valence-corrected chi connectivity index (χ3v) is 7.85. The Kier molecular flexibility index (Phi) is 8.07. The van der Waals surface area contributed by atoms with E-state index in [9.17, 15) is 14.7 Å². The minimum atomic E-state index is -0.412. The number of tetrazole rings is 1. The molecule has 14 heteroatoms. The lowest BCUT2D eigenvalue weighted by atomic mass is 9.99. The molecule has 5 heterocycles. The van der Waals surface area contributed by atoms with Gasteiger partial charge >= 0.3 is 0 Å². The number of aliphatic hydroxyl groups is 1. The van der Waals surface area contributed by atoms with E-state index < -0.39 is 6.04 Å². The molecule has 2 unspecified atom stereocenters. The number of aromatic nitrogens is 9. The number of fused-ring (bicyclic) bond motifs is 4. The Labute approximate surface area is 251 Å². The smallest absolute Gasteiger partial charge is 0.254 e. The third kappa shape index (κ3) is 5.81. The first-order valence-electron chi connectivity index (χ1n) is 14.0. The van der Waals surface area contributed by atoms with Gasteiger partial charge < -0.3 is 10.4 Å². The van der Waals surface area contributed by atoms with Crippen LogP contribution in [0.15, 0.2) is 66.2 Å². The molecule has 0 saturated heterocycles. The predicted octanol–water partition coefficient (Wildman–Crippen LogP) is 3.53. The molecule has 1 amide bonds. The molecule has 2 atom stereocenters. The molecule has 2 bridgehead atoms. The number of nitrogens with zero attached hydrogens (tertiary/aromatic N) is 9. The minimum Gasteiger partial charge on any atom is -0.394 e. The number of halogens is 1. The van der Waals surface area contributed by atoms with Gasteiger partial charge in [-0.05, 0) is 53.6 Å². The van der Waals surface area contributed by atoms with Crippen LogP contribution in [0.2, 0.25) is 5.02 Å². The normalized spacial score (nSPS) is 17.3. The second-order valence-electron chi connectivity index (χ2n) is 10.4. The molecule has 4 aromatic heterocycles. The van der Waals surface area contributed by atoms with Gasteiger partial charge in [-0.3, -0.25) is 23.8 Å². The fourth-order valence-corrected chi connectivity index (χ4v) is 5.58. The van der Waals surface area contributed by atoms with Gasteiger partial charge in [0.15, 0.2) is 0 Å². The van der Waals surface area contributed by atoms with Crippen LogP contribution in [0.4, 0.5) is 5.69 Å². The molecular formula is C29H29ClN10O3. The average molecular weight is 601 g/mol. The molecule has 1 aliphatic rings. The van der Waals surface area contributed by atoms with E-state index in [1.807, 2.05) is 19.1 Å². The SMILES string of the molecule is CC1CCCCC(n2cnc(-c3cc(Cl)ccc3-n3cnnn3)cc2=O)c2cc(ccn2)-c2c(cnn2CCO)NC1=O. The van der Waals surface area contributed by atoms with Crippen molar-refractivity contribution in [3.05, 3.63) is 82.5 Å². The number of hydrogen-bond donors (Lipinski definition) is 2. The molecule has 220 valence electrons. The fraction of sp³-hybridized carbons (Fsp3) is 0.310. The highest BCUT2D eigenvalue weighted by Crippen LogP contribution is 2.33. The molecule has 2 N–H and O–H groups in total. The Morgan fingerprint density at radius 1 is 1.07 bits per heavy atom. The van der Waals surface area contributed by atoms with Crippen LogP contribution in [0.1, 0.15) is 44.3 Å². The van der Waals surface area contributed by atoms with Crippen molar-refractivity contribution in [3.63, 3.8) is 0 Å². The number of benzene rings is 1. The van der Waals surface area contributed by atoms with Crippen LogP contribution in [-0.4, -0.2) is 62.1 Å². The van der Waals surface area contributed by atoms with E-state index in [4.69, 9.17) is 11.6 Å². The van der Waals surface area contributed by atoms with Gasteiger partial charge in [0.05, 0.1) is 60.2 Å². The maximum atomic E-state index is 13.7. The Morgan fingerprint density at radius 2 is 1.93 bits per heavy atom. The van der Waals surface area contributed by atoms with E-state index >= 15 is 0 Å². The molecule has 0 aliphatic carbocycles. The maximum Gasteiger partial charge on any atom is 0.254 e. The minimum absolute atomic E-state index is 0.0899. The van der Waals surface area contributed by atoms with Crippen LogP contribution in [0.25, 0.3) is 28.2 Å². The topological polar surface area (TPSA) is 159 Å². The zero-order valence-corrected chi connectivity index (χ0v) is 24.1. The van der Waals surface area contributed by atoms with Gasteiger partial charge in [0.2, 0.25) is 5.91 Å². The van der Waals surface area contributed by atoms with Gasteiger partial charge in [-0.1, -0.05) is 31.4 Å². The molecule has 6 rings (SSSR count). The Hall–Kier alpha value is -4.75. The van der Waals surface area contributed by atoms with E-state index in [1.165, 1.54) is 23.4 Å². The molecule has 0 saturated carbocycles. The molecule has 43 heavy (non-hydrogen) atoms. The van der Waals surface area contributed by atoms with Crippen molar-refractivity contribution in [2.45, 2.75) is 45.2 Å². The largest absolute Gasteiger partial charge is 0.394 e. The van der Waals surface area contributed by atoms with Crippen LogP contribution in [-0.2, 0) is 11.3 Å². The highest BCUT2D eigenvalue weighted by molar-refractivity contribution is 6.31.